The van der Waals surface area contributed by atoms with Gasteiger partial charge in [0.15, 0.2) is 5.96 Å². The highest BCUT2D eigenvalue weighted by atomic mass is 32.2. The predicted octanol–water partition coefficient (Wildman–Crippen LogP) is 2.45. The number of guanidine groups is 1. The molecule has 0 spiro atoms. The molecule has 1 aromatic carbocycles. The summed E-state index contributed by atoms with van der Waals surface area (Å²) in [5.41, 5.74) is 1.94. The van der Waals surface area contributed by atoms with E-state index in [1.807, 2.05) is 31.2 Å². The maximum atomic E-state index is 11.6. The summed E-state index contributed by atoms with van der Waals surface area (Å²) >= 11 is 1.79. The number of rotatable bonds is 8. The number of thioether (sulfide) groups is 1. The highest BCUT2D eigenvalue weighted by Crippen LogP contribution is 2.11. The topological polar surface area (TPSA) is 65.5 Å². The molecule has 1 rings (SSSR count). The van der Waals surface area contributed by atoms with Crippen molar-refractivity contribution in [2.45, 2.75) is 26.3 Å². The zero-order valence-electron chi connectivity index (χ0n) is 13.6. The van der Waals surface area contributed by atoms with E-state index in [1.165, 1.54) is 0 Å². The standard InChI is InChI=1S/C16H26N4OS/c1-4-6-15(21)20-14-8-5-7-13(11-14)12-19-16(17-2)18-9-10-22-3/h5,7-8,11H,4,6,9-10,12H2,1-3H3,(H,20,21)(H2,17,18,19). The van der Waals surface area contributed by atoms with Crippen molar-refractivity contribution in [3.8, 4) is 0 Å². The van der Waals surface area contributed by atoms with Gasteiger partial charge in [-0.15, -0.1) is 0 Å². The lowest BCUT2D eigenvalue weighted by Gasteiger charge is -2.12. The summed E-state index contributed by atoms with van der Waals surface area (Å²) in [4.78, 5) is 15.8. The number of carbonyl (C=O) groups excluding carboxylic acids is 1. The van der Waals surface area contributed by atoms with Gasteiger partial charge in [-0.2, -0.15) is 11.8 Å². The second kappa shape index (κ2) is 11.0. The van der Waals surface area contributed by atoms with Gasteiger partial charge < -0.3 is 16.0 Å². The zero-order valence-corrected chi connectivity index (χ0v) is 14.4. The Labute approximate surface area is 137 Å². The second-order valence-electron chi connectivity index (χ2n) is 4.84. The van der Waals surface area contributed by atoms with E-state index in [9.17, 15) is 4.79 Å². The number of benzene rings is 1. The van der Waals surface area contributed by atoms with Crippen molar-refractivity contribution in [3.05, 3.63) is 29.8 Å². The van der Waals surface area contributed by atoms with Gasteiger partial charge >= 0.3 is 0 Å². The van der Waals surface area contributed by atoms with Crippen molar-refractivity contribution < 1.29 is 4.79 Å². The Morgan fingerprint density at radius 3 is 2.82 bits per heavy atom. The van der Waals surface area contributed by atoms with Gasteiger partial charge in [0.1, 0.15) is 0 Å². The lowest BCUT2D eigenvalue weighted by Crippen LogP contribution is -2.37. The molecule has 6 heteroatoms. The average Bonchev–Trinajstić information content (AvgIpc) is 2.51. The third-order valence-electron chi connectivity index (χ3n) is 2.97. The number of carbonyl (C=O) groups is 1. The molecule has 0 bridgehead atoms. The van der Waals surface area contributed by atoms with Crippen LogP contribution >= 0.6 is 11.8 Å². The van der Waals surface area contributed by atoms with E-state index in [0.29, 0.717) is 13.0 Å². The third kappa shape index (κ3) is 7.36. The largest absolute Gasteiger partial charge is 0.356 e. The number of anilines is 1. The van der Waals surface area contributed by atoms with E-state index in [0.717, 1.165) is 35.9 Å². The quantitative estimate of drug-likeness (QED) is 0.391. The Hall–Kier alpha value is -1.69. The first-order chi connectivity index (χ1) is 10.7. The van der Waals surface area contributed by atoms with Crippen molar-refractivity contribution >= 4 is 29.3 Å². The van der Waals surface area contributed by atoms with Crippen LogP contribution in [-0.4, -0.2) is 37.5 Å². The Morgan fingerprint density at radius 2 is 2.14 bits per heavy atom. The molecule has 0 saturated carbocycles. The summed E-state index contributed by atoms with van der Waals surface area (Å²) in [6, 6.07) is 7.86. The van der Waals surface area contributed by atoms with Crippen molar-refractivity contribution in [2.24, 2.45) is 4.99 Å². The van der Waals surface area contributed by atoms with E-state index in [2.05, 4.69) is 27.2 Å². The normalized spacial score (nSPS) is 11.1. The van der Waals surface area contributed by atoms with Crippen molar-refractivity contribution in [2.75, 3.05) is 30.9 Å². The van der Waals surface area contributed by atoms with Gasteiger partial charge in [-0.3, -0.25) is 9.79 Å². The molecule has 1 aromatic rings. The van der Waals surface area contributed by atoms with Crippen molar-refractivity contribution in [1.29, 1.82) is 0 Å². The molecule has 122 valence electrons. The molecular formula is C16H26N4OS. The Balaban J connectivity index is 2.50. The van der Waals surface area contributed by atoms with E-state index in [4.69, 9.17) is 0 Å². The Bertz CT molecular complexity index is 491. The van der Waals surface area contributed by atoms with Crippen LogP contribution in [-0.2, 0) is 11.3 Å². The van der Waals surface area contributed by atoms with Crippen LogP contribution in [0.2, 0.25) is 0 Å². The summed E-state index contributed by atoms with van der Waals surface area (Å²) in [6.45, 7) is 3.54. The number of aliphatic imine (C=N–C) groups is 1. The first kappa shape index (κ1) is 18.4. The second-order valence-corrected chi connectivity index (χ2v) is 5.83. The van der Waals surface area contributed by atoms with Gasteiger partial charge in [-0.25, -0.2) is 0 Å². The molecule has 0 aliphatic heterocycles. The van der Waals surface area contributed by atoms with Gasteiger partial charge in [0.25, 0.3) is 0 Å². The lowest BCUT2D eigenvalue weighted by atomic mass is 10.2. The summed E-state index contributed by atoms with van der Waals surface area (Å²) in [5, 5.41) is 9.43. The van der Waals surface area contributed by atoms with Crippen LogP contribution in [0.4, 0.5) is 5.69 Å². The molecular weight excluding hydrogens is 296 g/mol. The fourth-order valence-electron chi connectivity index (χ4n) is 1.89. The van der Waals surface area contributed by atoms with Crippen LogP contribution in [0.25, 0.3) is 0 Å². The Kier molecular flexibility index (Phi) is 9.14. The van der Waals surface area contributed by atoms with Crippen LogP contribution < -0.4 is 16.0 Å². The van der Waals surface area contributed by atoms with Gasteiger partial charge in [0.05, 0.1) is 0 Å². The maximum Gasteiger partial charge on any atom is 0.224 e. The number of nitrogens with one attached hydrogen (secondary N) is 3. The molecule has 1 amide bonds. The molecule has 3 N–H and O–H groups in total. The molecule has 0 aromatic heterocycles. The van der Waals surface area contributed by atoms with E-state index < -0.39 is 0 Å². The smallest absolute Gasteiger partial charge is 0.224 e. The molecule has 0 saturated heterocycles. The summed E-state index contributed by atoms with van der Waals surface area (Å²) in [7, 11) is 1.76. The van der Waals surface area contributed by atoms with Gasteiger partial charge in [-0.1, -0.05) is 19.1 Å². The van der Waals surface area contributed by atoms with Gasteiger partial charge in [0.2, 0.25) is 5.91 Å². The van der Waals surface area contributed by atoms with Crippen molar-refractivity contribution in [1.82, 2.24) is 10.6 Å². The number of hydrogen-bond acceptors (Lipinski definition) is 3. The SMILES string of the molecule is CCCC(=O)Nc1cccc(CNC(=NC)NCCSC)c1. The minimum atomic E-state index is 0.0575. The van der Waals surface area contributed by atoms with Gasteiger partial charge in [-0.05, 0) is 30.4 Å². The fourth-order valence-corrected chi connectivity index (χ4v) is 2.19. The van der Waals surface area contributed by atoms with Crippen LogP contribution in [0.5, 0.6) is 0 Å². The number of hydrogen-bond donors (Lipinski definition) is 3. The zero-order chi connectivity index (χ0) is 16.2. The Morgan fingerprint density at radius 1 is 1.32 bits per heavy atom. The molecule has 0 aliphatic carbocycles. The fraction of sp³-hybridized carbons (Fsp3) is 0.500. The highest BCUT2D eigenvalue weighted by molar-refractivity contribution is 7.98. The number of amides is 1. The summed E-state index contributed by atoms with van der Waals surface area (Å²) < 4.78 is 0. The molecule has 0 fully saturated rings. The van der Waals surface area contributed by atoms with Crippen LogP contribution in [0.3, 0.4) is 0 Å². The highest BCUT2D eigenvalue weighted by Gasteiger charge is 2.02. The minimum Gasteiger partial charge on any atom is -0.356 e. The molecule has 22 heavy (non-hydrogen) atoms. The first-order valence-corrected chi connectivity index (χ1v) is 8.91. The molecule has 0 heterocycles. The minimum absolute atomic E-state index is 0.0575. The first-order valence-electron chi connectivity index (χ1n) is 7.51. The van der Waals surface area contributed by atoms with Crippen LogP contribution in [0, 0.1) is 0 Å². The molecule has 0 unspecified atom stereocenters. The summed E-state index contributed by atoms with van der Waals surface area (Å²) in [5.74, 6) is 1.89. The van der Waals surface area contributed by atoms with E-state index >= 15 is 0 Å². The average molecular weight is 322 g/mol. The summed E-state index contributed by atoms with van der Waals surface area (Å²) in [6.07, 6.45) is 3.48. The number of nitrogens with zero attached hydrogens (tertiary/aromatic N) is 1. The molecule has 5 nitrogen and oxygen atoms in total. The molecule has 0 radical (unpaired) electrons. The lowest BCUT2D eigenvalue weighted by molar-refractivity contribution is -0.116. The van der Waals surface area contributed by atoms with E-state index in [-0.39, 0.29) is 5.91 Å². The molecule has 0 aliphatic rings. The van der Waals surface area contributed by atoms with Crippen LogP contribution in [0.1, 0.15) is 25.3 Å². The monoisotopic (exact) mass is 322 g/mol. The third-order valence-corrected chi connectivity index (χ3v) is 3.58. The predicted molar refractivity (Wildman–Crippen MR) is 96.6 cm³/mol. The van der Waals surface area contributed by atoms with Gasteiger partial charge in [0, 0.05) is 38.0 Å². The maximum absolute atomic E-state index is 11.6. The van der Waals surface area contributed by atoms with Crippen molar-refractivity contribution in [3.63, 3.8) is 0 Å². The van der Waals surface area contributed by atoms with E-state index in [1.54, 1.807) is 18.8 Å². The van der Waals surface area contributed by atoms with Crippen LogP contribution in [0.15, 0.2) is 29.3 Å². The molecule has 0 atom stereocenters.